The van der Waals surface area contributed by atoms with Crippen molar-refractivity contribution in [3.63, 3.8) is 0 Å². The van der Waals surface area contributed by atoms with Crippen LogP contribution >= 0.6 is 0 Å². The largest absolute Gasteiger partial charge is 0.392 e. The molecule has 0 radical (unpaired) electrons. The summed E-state index contributed by atoms with van der Waals surface area (Å²) in [5.74, 6) is 0.0471. The molecule has 2 aliphatic heterocycles. The number of benzene rings is 1. The first-order valence-electron chi connectivity index (χ1n) is 7.49. The summed E-state index contributed by atoms with van der Waals surface area (Å²) in [5.41, 5.74) is 1.58. The average Bonchev–Trinajstić information content (AvgIpc) is 2.95. The van der Waals surface area contributed by atoms with Gasteiger partial charge in [-0.25, -0.2) is 8.42 Å². The third kappa shape index (κ3) is 3.29. The standard InChI is InChI=1S/C15H22N2O3S/c18-11-13-3-5-14(6-4-13)12-21(19,20)17-9-8-16-7-1-2-15(16)10-17/h3-6,15,18H,1-2,7-12H2. The Kier molecular flexibility index (Phi) is 4.31. The van der Waals surface area contributed by atoms with Crippen LogP contribution in [0.15, 0.2) is 24.3 Å². The zero-order chi connectivity index (χ0) is 14.9. The highest BCUT2D eigenvalue weighted by atomic mass is 32.2. The second-order valence-electron chi connectivity index (χ2n) is 5.92. The van der Waals surface area contributed by atoms with E-state index in [1.54, 1.807) is 28.6 Å². The summed E-state index contributed by atoms with van der Waals surface area (Å²) in [7, 11) is -3.25. The fourth-order valence-electron chi connectivity index (χ4n) is 3.26. The second kappa shape index (κ2) is 6.04. The van der Waals surface area contributed by atoms with Crippen LogP contribution in [0.1, 0.15) is 24.0 Å². The van der Waals surface area contributed by atoms with Crippen LogP contribution in [0, 0.1) is 0 Å². The minimum atomic E-state index is -3.25. The van der Waals surface area contributed by atoms with Crippen LogP contribution in [0.4, 0.5) is 0 Å². The van der Waals surface area contributed by atoms with Crippen molar-refractivity contribution in [2.24, 2.45) is 0 Å². The number of piperazine rings is 1. The van der Waals surface area contributed by atoms with E-state index in [0.717, 1.165) is 30.6 Å². The predicted octanol–water partition coefficient (Wildman–Crippen LogP) is 0.789. The molecule has 0 aliphatic carbocycles. The van der Waals surface area contributed by atoms with Crippen LogP contribution in [0.5, 0.6) is 0 Å². The van der Waals surface area contributed by atoms with Gasteiger partial charge in [0.2, 0.25) is 10.0 Å². The number of sulfonamides is 1. The molecule has 6 heteroatoms. The normalized spacial score (nSPS) is 24.1. The van der Waals surface area contributed by atoms with Gasteiger partial charge in [-0.3, -0.25) is 4.90 Å². The summed E-state index contributed by atoms with van der Waals surface area (Å²) >= 11 is 0. The first-order chi connectivity index (χ1) is 10.1. The van der Waals surface area contributed by atoms with E-state index < -0.39 is 10.0 Å². The van der Waals surface area contributed by atoms with E-state index in [-0.39, 0.29) is 12.4 Å². The van der Waals surface area contributed by atoms with Gasteiger partial charge in [0.15, 0.2) is 0 Å². The zero-order valence-electron chi connectivity index (χ0n) is 12.1. The van der Waals surface area contributed by atoms with Gasteiger partial charge in [-0.15, -0.1) is 0 Å². The monoisotopic (exact) mass is 310 g/mol. The summed E-state index contributed by atoms with van der Waals surface area (Å²) in [4.78, 5) is 2.40. The molecule has 116 valence electrons. The van der Waals surface area contributed by atoms with Crippen molar-refractivity contribution in [3.8, 4) is 0 Å². The van der Waals surface area contributed by atoms with E-state index >= 15 is 0 Å². The number of rotatable bonds is 4. The lowest BCUT2D eigenvalue weighted by molar-refractivity contribution is 0.158. The summed E-state index contributed by atoms with van der Waals surface area (Å²) in [6, 6.07) is 7.54. The Bertz CT molecular complexity index is 585. The van der Waals surface area contributed by atoms with Crippen LogP contribution in [0.25, 0.3) is 0 Å². The number of aliphatic hydroxyl groups is 1. The van der Waals surface area contributed by atoms with Crippen molar-refractivity contribution < 1.29 is 13.5 Å². The van der Waals surface area contributed by atoms with E-state index in [1.165, 1.54) is 6.42 Å². The maximum absolute atomic E-state index is 12.6. The molecule has 2 fully saturated rings. The molecule has 1 atom stereocenters. The molecule has 1 N–H and O–H groups in total. The van der Waals surface area contributed by atoms with Gasteiger partial charge in [0.25, 0.3) is 0 Å². The van der Waals surface area contributed by atoms with Crippen molar-refractivity contribution in [3.05, 3.63) is 35.4 Å². The topological polar surface area (TPSA) is 60.9 Å². The smallest absolute Gasteiger partial charge is 0.218 e. The fraction of sp³-hybridized carbons (Fsp3) is 0.600. The lowest BCUT2D eigenvalue weighted by atomic mass is 10.2. The molecule has 2 saturated heterocycles. The molecule has 2 aliphatic rings. The van der Waals surface area contributed by atoms with Gasteiger partial charge >= 0.3 is 0 Å². The Labute approximate surface area is 126 Å². The highest BCUT2D eigenvalue weighted by molar-refractivity contribution is 7.88. The Morgan fingerprint density at radius 3 is 2.52 bits per heavy atom. The summed E-state index contributed by atoms with van der Waals surface area (Å²) in [5, 5.41) is 9.02. The SMILES string of the molecule is O=S(=O)(Cc1ccc(CO)cc1)N1CCN2CCCC2C1. The molecule has 0 amide bonds. The predicted molar refractivity (Wildman–Crippen MR) is 81.2 cm³/mol. The minimum Gasteiger partial charge on any atom is -0.392 e. The summed E-state index contributed by atoms with van der Waals surface area (Å²) in [6.07, 6.45) is 2.29. The van der Waals surface area contributed by atoms with Crippen LogP contribution in [-0.2, 0) is 22.4 Å². The number of hydrogen-bond donors (Lipinski definition) is 1. The third-order valence-electron chi connectivity index (χ3n) is 4.50. The number of hydrogen-bond acceptors (Lipinski definition) is 4. The Hall–Kier alpha value is -0.950. The van der Waals surface area contributed by atoms with Gasteiger partial charge in [-0.1, -0.05) is 24.3 Å². The molecular formula is C15H22N2O3S. The van der Waals surface area contributed by atoms with E-state index in [9.17, 15) is 8.42 Å². The van der Waals surface area contributed by atoms with Gasteiger partial charge in [0.05, 0.1) is 12.4 Å². The van der Waals surface area contributed by atoms with E-state index in [0.29, 0.717) is 19.1 Å². The van der Waals surface area contributed by atoms with Crippen molar-refractivity contribution >= 4 is 10.0 Å². The summed E-state index contributed by atoms with van der Waals surface area (Å²) < 4.78 is 26.8. The number of fused-ring (bicyclic) bond motifs is 1. The maximum atomic E-state index is 12.6. The third-order valence-corrected chi connectivity index (χ3v) is 6.31. The van der Waals surface area contributed by atoms with Crippen LogP contribution in [0.2, 0.25) is 0 Å². The van der Waals surface area contributed by atoms with Crippen molar-refractivity contribution in [1.29, 1.82) is 0 Å². The van der Waals surface area contributed by atoms with Crippen LogP contribution < -0.4 is 0 Å². The maximum Gasteiger partial charge on any atom is 0.218 e. The fourth-order valence-corrected chi connectivity index (χ4v) is 4.81. The van der Waals surface area contributed by atoms with Crippen LogP contribution in [0.3, 0.4) is 0 Å². The molecular weight excluding hydrogens is 288 g/mol. The Balaban J connectivity index is 1.68. The van der Waals surface area contributed by atoms with Gasteiger partial charge in [0, 0.05) is 25.7 Å². The van der Waals surface area contributed by atoms with E-state index in [1.807, 2.05) is 0 Å². The quantitative estimate of drug-likeness (QED) is 0.893. The first-order valence-corrected chi connectivity index (χ1v) is 9.10. The molecule has 1 aromatic carbocycles. The van der Waals surface area contributed by atoms with Crippen LogP contribution in [-0.4, -0.2) is 55.0 Å². The Morgan fingerprint density at radius 2 is 1.81 bits per heavy atom. The summed E-state index contributed by atoms with van der Waals surface area (Å²) in [6.45, 7) is 3.19. The number of nitrogens with zero attached hydrogens (tertiary/aromatic N) is 2. The molecule has 0 bridgehead atoms. The average molecular weight is 310 g/mol. The molecule has 1 unspecified atom stereocenters. The molecule has 0 saturated carbocycles. The molecule has 0 aromatic heterocycles. The van der Waals surface area contributed by atoms with Gasteiger partial charge < -0.3 is 5.11 Å². The van der Waals surface area contributed by atoms with Crippen molar-refractivity contribution in [1.82, 2.24) is 9.21 Å². The van der Waals surface area contributed by atoms with Crippen molar-refractivity contribution in [2.45, 2.75) is 31.2 Å². The highest BCUT2D eigenvalue weighted by Crippen LogP contribution is 2.24. The van der Waals surface area contributed by atoms with Gasteiger partial charge in [-0.2, -0.15) is 4.31 Å². The lowest BCUT2D eigenvalue weighted by Gasteiger charge is -2.36. The molecule has 2 heterocycles. The number of aliphatic hydroxyl groups excluding tert-OH is 1. The molecule has 3 rings (SSSR count). The molecule has 0 spiro atoms. The van der Waals surface area contributed by atoms with Gasteiger partial charge in [0.1, 0.15) is 0 Å². The molecule has 5 nitrogen and oxygen atoms in total. The van der Waals surface area contributed by atoms with E-state index in [2.05, 4.69) is 4.90 Å². The minimum absolute atomic E-state index is 0.0172. The van der Waals surface area contributed by atoms with Gasteiger partial charge in [-0.05, 0) is 30.5 Å². The van der Waals surface area contributed by atoms with Crippen molar-refractivity contribution in [2.75, 3.05) is 26.2 Å². The molecule has 1 aromatic rings. The zero-order valence-corrected chi connectivity index (χ0v) is 12.9. The first kappa shape index (κ1) is 15.0. The highest BCUT2D eigenvalue weighted by Gasteiger charge is 2.35. The molecule has 21 heavy (non-hydrogen) atoms. The van der Waals surface area contributed by atoms with E-state index in [4.69, 9.17) is 5.11 Å². The Morgan fingerprint density at radius 1 is 1.10 bits per heavy atom. The lowest BCUT2D eigenvalue weighted by Crippen LogP contribution is -2.52. The second-order valence-corrected chi connectivity index (χ2v) is 7.89.